The summed E-state index contributed by atoms with van der Waals surface area (Å²) in [6.45, 7) is 4.24. The molecule has 0 aliphatic heterocycles. The summed E-state index contributed by atoms with van der Waals surface area (Å²) < 4.78 is 0. The van der Waals surface area contributed by atoms with E-state index < -0.39 is 12.2 Å². The van der Waals surface area contributed by atoms with Crippen molar-refractivity contribution in [3.05, 3.63) is 71.8 Å². The normalized spacial score (nSPS) is 16.2. The molecule has 0 fully saturated rings. The van der Waals surface area contributed by atoms with Gasteiger partial charge in [0.05, 0.1) is 12.2 Å². The highest BCUT2D eigenvalue weighted by Gasteiger charge is 2.27. The fourth-order valence-corrected chi connectivity index (χ4v) is 3.33. The maximum absolute atomic E-state index is 10.8. The number of aliphatic hydroxyl groups is 2. The first-order valence-corrected chi connectivity index (χ1v) is 9.39. The Morgan fingerprint density at radius 2 is 1.04 bits per heavy atom. The zero-order chi connectivity index (χ0) is 18.1. The van der Waals surface area contributed by atoms with Gasteiger partial charge in [-0.3, -0.25) is 0 Å². The number of hydrogen-bond donors (Lipinski definition) is 3. The topological polar surface area (TPSA) is 52.5 Å². The highest BCUT2D eigenvalue weighted by Crippen LogP contribution is 2.25. The van der Waals surface area contributed by atoms with Gasteiger partial charge in [0, 0.05) is 12.1 Å². The zero-order valence-corrected chi connectivity index (χ0v) is 15.3. The van der Waals surface area contributed by atoms with Crippen molar-refractivity contribution >= 4 is 0 Å². The van der Waals surface area contributed by atoms with Gasteiger partial charge >= 0.3 is 0 Å². The van der Waals surface area contributed by atoms with Gasteiger partial charge in [-0.25, -0.2) is 0 Å². The summed E-state index contributed by atoms with van der Waals surface area (Å²) in [5.74, 6) is 0. The summed E-state index contributed by atoms with van der Waals surface area (Å²) in [4.78, 5) is 0. The van der Waals surface area contributed by atoms with Crippen LogP contribution in [0, 0.1) is 0 Å². The van der Waals surface area contributed by atoms with E-state index in [0.29, 0.717) is 0 Å². The van der Waals surface area contributed by atoms with Crippen molar-refractivity contribution in [2.24, 2.45) is 0 Å². The van der Waals surface area contributed by atoms with E-state index >= 15 is 0 Å². The van der Waals surface area contributed by atoms with Crippen LogP contribution in [0.5, 0.6) is 0 Å². The molecule has 0 bridgehead atoms. The Hall–Kier alpha value is -1.68. The smallest absolute Gasteiger partial charge is 0.0943 e. The first-order valence-electron chi connectivity index (χ1n) is 9.39. The predicted octanol–water partition coefficient (Wildman–Crippen LogP) is 4.38. The molecule has 2 rings (SSSR count). The van der Waals surface area contributed by atoms with Gasteiger partial charge in [-0.05, 0) is 24.0 Å². The fraction of sp³-hybridized carbons (Fsp3) is 0.455. The minimum Gasteiger partial charge on any atom is -0.387 e. The summed E-state index contributed by atoms with van der Waals surface area (Å²) in [7, 11) is 0. The van der Waals surface area contributed by atoms with Gasteiger partial charge in [-0.15, -0.1) is 0 Å². The van der Waals surface area contributed by atoms with Crippen LogP contribution in [0.1, 0.15) is 62.9 Å². The van der Waals surface area contributed by atoms with E-state index in [1.165, 1.54) is 0 Å². The van der Waals surface area contributed by atoms with Crippen molar-refractivity contribution in [1.29, 1.82) is 0 Å². The molecule has 4 atom stereocenters. The molecule has 0 aromatic heterocycles. The van der Waals surface area contributed by atoms with E-state index in [1.807, 2.05) is 60.7 Å². The first kappa shape index (κ1) is 19.6. The average molecular weight is 341 g/mol. The molecule has 0 amide bonds. The van der Waals surface area contributed by atoms with Gasteiger partial charge in [0.15, 0.2) is 0 Å². The number of aliphatic hydroxyl groups excluding tert-OH is 2. The summed E-state index contributed by atoms with van der Waals surface area (Å²) in [6, 6.07) is 19.4. The van der Waals surface area contributed by atoms with Gasteiger partial charge in [-0.1, -0.05) is 87.4 Å². The molecule has 0 heterocycles. The summed E-state index contributed by atoms with van der Waals surface area (Å²) in [5.41, 5.74) is 1.83. The zero-order valence-electron chi connectivity index (χ0n) is 15.3. The minimum atomic E-state index is -0.580. The molecule has 3 heteroatoms. The van der Waals surface area contributed by atoms with Gasteiger partial charge < -0.3 is 15.5 Å². The monoisotopic (exact) mass is 341 g/mol. The van der Waals surface area contributed by atoms with Crippen LogP contribution in [0.25, 0.3) is 0 Å². The Balaban J connectivity index is 2.15. The molecular weight excluding hydrogens is 310 g/mol. The summed E-state index contributed by atoms with van der Waals surface area (Å²) >= 11 is 0. The first-order chi connectivity index (χ1) is 12.2. The third-order valence-corrected chi connectivity index (χ3v) is 4.67. The van der Waals surface area contributed by atoms with Crippen LogP contribution in [0.15, 0.2) is 60.7 Å². The molecule has 136 valence electrons. The quantitative estimate of drug-likeness (QED) is 0.601. The average Bonchev–Trinajstić information content (AvgIpc) is 2.67. The van der Waals surface area contributed by atoms with Gasteiger partial charge in [-0.2, -0.15) is 0 Å². The van der Waals surface area contributed by atoms with Crippen LogP contribution in [0.4, 0.5) is 0 Å². The Morgan fingerprint density at radius 3 is 1.36 bits per heavy atom. The second-order valence-corrected chi connectivity index (χ2v) is 6.67. The number of hydrogen-bond acceptors (Lipinski definition) is 3. The Labute approximate surface area is 151 Å². The third-order valence-electron chi connectivity index (χ3n) is 4.67. The van der Waals surface area contributed by atoms with Crippen LogP contribution < -0.4 is 5.32 Å². The van der Waals surface area contributed by atoms with E-state index in [9.17, 15) is 10.2 Å². The number of benzene rings is 2. The highest BCUT2D eigenvalue weighted by molar-refractivity contribution is 5.21. The second-order valence-electron chi connectivity index (χ2n) is 6.67. The molecule has 0 spiro atoms. The fourth-order valence-electron chi connectivity index (χ4n) is 3.33. The third kappa shape index (κ3) is 5.67. The molecule has 2 aromatic carbocycles. The van der Waals surface area contributed by atoms with Crippen LogP contribution in [-0.4, -0.2) is 22.3 Å². The molecule has 0 saturated carbocycles. The Kier molecular flexibility index (Phi) is 8.13. The highest BCUT2D eigenvalue weighted by atomic mass is 16.3. The Bertz CT molecular complexity index is 534. The molecule has 0 aliphatic rings. The predicted molar refractivity (Wildman–Crippen MR) is 103 cm³/mol. The maximum Gasteiger partial charge on any atom is 0.0943 e. The lowest BCUT2D eigenvalue weighted by atomic mass is 9.93. The van der Waals surface area contributed by atoms with E-state index in [2.05, 4.69) is 19.2 Å². The molecule has 0 radical (unpaired) electrons. The molecule has 0 saturated heterocycles. The molecule has 0 aliphatic carbocycles. The van der Waals surface area contributed by atoms with Crippen LogP contribution >= 0.6 is 0 Å². The van der Waals surface area contributed by atoms with Crippen molar-refractivity contribution in [2.45, 2.75) is 63.8 Å². The van der Waals surface area contributed by atoms with Crippen LogP contribution in [0.2, 0.25) is 0 Å². The van der Waals surface area contributed by atoms with E-state index in [-0.39, 0.29) is 12.1 Å². The van der Waals surface area contributed by atoms with E-state index in [0.717, 1.165) is 36.8 Å². The second kappa shape index (κ2) is 10.3. The minimum absolute atomic E-state index is 0.0812. The van der Waals surface area contributed by atoms with Crippen molar-refractivity contribution in [3.63, 3.8) is 0 Å². The summed E-state index contributed by atoms with van der Waals surface area (Å²) in [5, 5.41) is 25.2. The maximum atomic E-state index is 10.8. The molecule has 2 aromatic rings. The Morgan fingerprint density at radius 1 is 0.680 bits per heavy atom. The lowest BCUT2D eigenvalue weighted by Crippen LogP contribution is -2.45. The molecule has 25 heavy (non-hydrogen) atoms. The van der Waals surface area contributed by atoms with Crippen LogP contribution in [-0.2, 0) is 0 Å². The number of nitrogens with one attached hydrogen (secondary N) is 1. The molecule has 3 N–H and O–H groups in total. The lowest BCUT2D eigenvalue weighted by Gasteiger charge is -2.32. The largest absolute Gasteiger partial charge is 0.387 e. The van der Waals surface area contributed by atoms with Crippen LogP contribution in [0.3, 0.4) is 0 Å². The van der Waals surface area contributed by atoms with Gasteiger partial charge in [0.25, 0.3) is 0 Å². The van der Waals surface area contributed by atoms with Crippen molar-refractivity contribution < 1.29 is 10.2 Å². The molecule has 0 unspecified atom stereocenters. The van der Waals surface area contributed by atoms with E-state index in [1.54, 1.807) is 0 Å². The standard InChI is InChI=1S/C22H31NO2/c1-3-11-19(21(24)17-13-7-5-8-14-17)23-20(12-4-2)22(25)18-15-9-6-10-16-18/h5-10,13-16,19-25H,3-4,11-12H2,1-2H3/t19-,20+,21-,22-/m0/s1. The molecule has 3 nitrogen and oxygen atoms in total. The molecular formula is C22H31NO2. The van der Waals surface area contributed by atoms with Crippen molar-refractivity contribution in [2.75, 3.05) is 0 Å². The number of rotatable bonds is 10. The van der Waals surface area contributed by atoms with Crippen molar-refractivity contribution in [1.82, 2.24) is 5.32 Å². The SMILES string of the molecule is CCC[C@H](N[C@H](CCC)[C@@H](O)c1ccccc1)[C@@H](O)c1ccccc1. The lowest BCUT2D eigenvalue weighted by molar-refractivity contribution is 0.0745. The van der Waals surface area contributed by atoms with Crippen molar-refractivity contribution in [3.8, 4) is 0 Å². The summed E-state index contributed by atoms with van der Waals surface area (Å²) in [6.07, 6.45) is 2.51. The van der Waals surface area contributed by atoms with Gasteiger partial charge in [0.1, 0.15) is 0 Å². The van der Waals surface area contributed by atoms with E-state index in [4.69, 9.17) is 0 Å². The van der Waals surface area contributed by atoms with Gasteiger partial charge in [0.2, 0.25) is 0 Å².